The van der Waals surface area contributed by atoms with Crippen molar-refractivity contribution in [3.05, 3.63) is 29.8 Å². The van der Waals surface area contributed by atoms with E-state index >= 15 is 0 Å². The van der Waals surface area contributed by atoms with E-state index in [1.54, 1.807) is 7.11 Å². The molecule has 0 saturated carbocycles. The first kappa shape index (κ1) is 12.3. The molecule has 1 N–H and O–H groups in total. The van der Waals surface area contributed by atoms with E-state index in [9.17, 15) is 0 Å². The Morgan fingerprint density at radius 2 is 1.77 bits per heavy atom. The monoisotopic (exact) mass is 201 g/mol. The summed E-state index contributed by atoms with van der Waals surface area (Å²) >= 11 is 0. The lowest BCUT2D eigenvalue weighted by molar-refractivity contribution is 0.414. The Labute approximate surface area is 85.7 Å². The zero-order valence-electron chi connectivity index (χ0n) is 8.20. The third-order valence-corrected chi connectivity index (χ3v) is 2.05. The number of benzene rings is 1. The summed E-state index contributed by atoms with van der Waals surface area (Å²) < 4.78 is 5.06. The van der Waals surface area contributed by atoms with Crippen LogP contribution in [-0.2, 0) is 0 Å². The lowest BCUT2D eigenvalue weighted by atomic mass is 10.1. The van der Waals surface area contributed by atoms with E-state index in [0.29, 0.717) is 6.04 Å². The minimum atomic E-state index is 0. The Balaban J connectivity index is 0.00000144. The predicted molar refractivity (Wildman–Crippen MR) is 57.7 cm³/mol. The summed E-state index contributed by atoms with van der Waals surface area (Å²) in [5.41, 5.74) is 1.28. The molecule has 13 heavy (non-hydrogen) atoms. The van der Waals surface area contributed by atoms with Gasteiger partial charge in [0, 0.05) is 6.04 Å². The molecule has 0 radical (unpaired) electrons. The van der Waals surface area contributed by atoms with Gasteiger partial charge in [0.15, 0.2) is 0 Å². The maximum Gasteiger partial charge on any atom is 0.118 e. The number of methoxy groups -OCH3 is 1. The van der Waals surface area contributed by atoms with Crippen molar-refractivity contribution < 1.29 is 4.74 Å². The van der Waals surface area contributed by atoms with Crippen LogP contribution in [-0.4, -0.2) is 14.2 Å². The quantitative estimate of drug-likeness (QED) is 0.811. The van der Waals surface area contributed by atoms with E-state index in [-0.39, 0.29) is 12.4 Å². The summed E-state index contributed by atoms with van der Waals surface area (Å²) in [6.07, 6.45) is 0. The molecule has 74 valence electrons. The maximum atomic E-state index is 5.06. The minimum Gasteiger partial charge on any atom is -0.497 e. The van der Waals surface area contributed by atoms with Crippen LogP contribution in [0.4, 0.5) is 0 Å². The second kappa shape index (κ2) is 5.84. The van der Waals surface area contributed by atoms with Gasteiger partial charge in [0.1, 0.15) is 5.75 Å². The van der Waals surface area contributed by atoms with Crippen molar-refractivity contribution in [1.82, 2.24) is 5.32 Å². The number of ether oxygens (including phenoxy) is 1. The molecule has 0 saturated heterocycles. The Hall–Kier alpha value is -0.730. The second-order valence-electron chi connectivity index (χ2n) is 2.78. The largest absolute Gasteiger partial charge is 0.497 e. The van der Waals surface area contributed by atoms with Gasteiger partial charge in [-0.1, -0.05) is 12.1 Å². The third kappa shape index (κ3) is 3.25. The van der Waals surface area contributed by atoms with E-state index in [1.807, 2.05) is 19.2 Å². The van der Waals surface area contributed by atoms with Crippen molar-refractivity contribution in [2.75, 3.05) is 14.2 Å². The topological polar surface area (TPSA) is 21.3 Å². The van der Waals surface area contributed by atoms with Gasteiger partial charge in [-0.3, -0.25) is 0 Å². The average molecular weight is 202 g/mol. The predicted octanol–water partition coefficient (Wildman–Crippen LogP) is 2.40. The summed E-state index contributed by atoms with van der Waals surface area (Å²) in [5.74, 6) is 0.905. The van der Waals surface area contributed by atoms with Crippen molar-refractivity contribution in [2.24, 2.45) is 0 Å². The lowest BCUT2D eigenvalue weighted by Gasteiger charge is -2.10. The number of nitrogens with one attached hydrogen (secondary N) is 1. The van der Waals surface area contributed by atoms with Crippen LogP contribution in [0.5, 0.6) is 5.75 Å². The number of rotatable bonds is 3. The van der Waals surface area contributed by atoms with Gasteiger partial charge in [0.25, 0.3) is 0 Å². The molecule has 1 atom stereocenters. The van der Waals surface area contributed by atoms with Crippen LogP contribution in [0, 0.1) is 0 Å². The van der Waals surface area contributed by atoms with E-state index in [1.165, 1.54) is 5.56 Å². The van der Waals surface area contributed by atoms with E-state index in [2.05, 4.69) is 24.4 Å². The third-order valence-electron chi connectivity index (χ3n) is 2.05. The molecule has 3 heteroatoms. The van der Waals surface area contributed by atoms with Gasteiger partial charge in [-0.15, -0.1) is 12.4 Å². The van der Waals surface area contributed by atoms with Crippen LogP contribution in [0.2, 0.25) is 0 Å². The Morgan fingerprint density at radius 3 is 2.15 bits per heavy atom. The van der Waals surface area contributed by atoms with Gasteiger partial charge in [-0.05, 0) is 31.7 Å². The van der Waals surface area contributed by atoms with Gasteiger partial charge in [-0.2, -0.15) is 0 Å². The van der Waals surface area contributed by atoms with Crippen LogP contribution in [0.15, 0.2) is 24.3 Å². The Morgan fingerprint density at radius 1 is 1.23 bits per heavy atom. The summed E-state index contributed by atoms with van der Waals surface area (Å²) in [6, 6.07) is 8.49. The van der Waals surface area contributed by atoms with E-state index < -0.39 is 0 Å². The lowest BCUT2D eigenvalue weighted by Crippen LogP contribution is -2.11. The van der Waals surface area contributed by atoms with Crippen molar-refractivity contribution in [3.8, 4) is 5.75 Å². The number of hydrogen-bond acceptors (Lipinski definition) is 2. The fourth-order valence-electron chi connectivity index (χ4n) is 1.06. The molecular formula is C10H16ClNO. The highest BCUT2D eigenvalue weighted by Gasteiger charge is 2.00. The van der Waals surface area contributed by atoms with Gasteiger partial charge >= 0.3 is 0 Å². The highest BCUT2D eigenvalue weighted by atomic mass is 35.5. The molecule has 0 aliphatic heterocycles. The molecule has 0 unspecified atom stereocenters. The molecule has 0 aliphatic rings. The maximum absolute atomic E-state index is 5.06. The Kier molecular flexibility index (Phi) is 5.51. The summed E-state index contributed by atoms with van der Waals surface area (Å²) in [7, 11) is 3.63. The molecular weight excluding hydrogens is 186 g/mol. The molecule has 0 amide bonds. The first-order valence-corrected chi connectivity index (χ1v) is 4.09. The summed E-state index contributed by atoms with van der Waals surface area (Å²) in [6.45, 7) is 2.13. The molecule has 0 aromatic heterocycles. The second-order valence-corrected chi connectivity index (χ2v) is 2.78. The minimum absolute atomic E-state index is 0. The molecule has 2 nitrogen and oxygen atoms in total. The van der Waals surface area contributed by atoms with Crippen LogP contribution in [0.1, 0.15) is 18.5 Å². The molecule has 0 fully saturated rings. The normalized spacial score (nSPS) is 11.6. The number of hydrogen-bond donors (Lipinski definition) is 1. The SMILES string of the molecule is CN[C@@H](C)c1ccc(OC)cc1.Cl. The molecule has 1 aromatic rings. The summed E-state index contributed by atoms with van der Waals surface area (Å²) in [4.78, 5) is 0. The van der Waals surface area contributed by atoms with Crippen molar-refractivity contribution in [2.45, 2.75) is 13.0 Å². The summed E-state index contributed by atoms with van der Waals surface area (Å²) in [5, 5.41) is 3.18. The fraction of sp³-hybridized carbons (Fsp3) is 0.400. The first-order chi connectivity index (χ1) is 5.77. The van der Waals surface area contributed by atoms with Gasteiger partial charge in [0.2, 0.25) is 0 Å². The average Bonchev–Trinajstić information content (AvgIpc) is 2.17. The van der Waals surface area contributed by atoms with E-state index in [4.69, 9.17) is 4.74 Å². The molecule has 0 spiro atoms. The zero-order chi connectivity index (χ0) is 8.97. The van der Waals surface area contributed by atoms with Crippen LogP contribution in [0.25, 0.3) is 0 Å². The van der Waals surface area contributed by atoms with Gasteiger partial charge in [-0.25, -0.2) is 0 Å². The standard InChI is InChI=1S/C10H15NO.ClH/c1-8(11-2)9-4-6-10(12-3)7-5-9;/h4-8,11H,1-3H3;1H/t8-;/m0./s1. The van der Waals surface area contributed by atoms with E-state index in [0.717, 1.165) is 5.75 Å². The molecule has 0 bridgehead atoms. The number of halogens is 1. The van der Waals surface area contributed by atoms with Crippen LogP contribution in [0.3, 0.4) is 0 Å². The van der Waals surface area contributed by atoms with Crippen molar-refractivity contribution >= 4 is 12.4 Å². The smallest absolute Gasteiger partial charge is 0.118 e. The molecule has 0 aliphatic carbocycles. The molecule has 1 aromatic carbocycles. The molecule has 1 rings (SSSR count). The highest BCUT2D eigenvalue weighted by molar-refractivity contribution is 5.85. The van der Waals surface area contributed by atoms with Gasteiger partial charge < -0.3 is 10.1 Å². The zero-order valence-corrected chi connectivity index (χ0v) is 9.02. The van der Waals surface area contributed by atoms with Gasteiger partial charge in [0.05, 0.1) is 7.11 Å². The highest BCUT2D eigenvalue weighted by Crippen LogP contribution is 2.16. The van der Waals surface area contributed by atoms with Crippen LogP contribution >= 0.6 is 12.4 Å². The molecule has 0 heterocycles. The van der Waals surface area contributed by atoms with Crippen LogP contribution < -0.4 is 10.1 Å². The van der Waals surface area contributed by atoms with Crippen molar-refractivity contribution in [3.63, 3.8) is 0 Å². The Bertz CT molecular complexity index is 235. The first-order valence-electron chi connectivity index (χ1n) is 4.09. The van der Waals surface area contributed by atoms with Crippen molar-refractivity contribution in [1.29, 1.82) is 0 Å². The fourth-order valence-corrected chi connectivity index (χ4v) is 1.06.